The molecule has 0 atom stereocenters. The predicted octanol–water partition coefficient (Wildman–Crippen LogP) is 7.18. The molecular weight excluding hydrogens is 425 g/mol. The summed E-state index contributed by atoms with van der Waals surface area (Å²) in [7, 11) is 0. The van der Waals surface area contributed by atoms with Gasteiger partial charge in [0.2, 0.25) is 0 Å². The normalized spacial score (nSPS) is 11.1. The Bertz CT molecular complexity index is 1140. The van der Waals surface area contributed by atoms with E-state index in [-0.39, 0.29) is 5.82 Å². The number of rotatable bonds is 8. The fourth-order valence-electron chi connectivity index (χ4n) is 3.49. The van der Waals surface area contributed by atoms with Crippen LogP contribution in [0.4, 0.5) is 4.39 Å². The first kappa shape index (κ1) is 21.7. The van der Waals surface area contributed by atoms with Crippen molar-refractivity contribution >= 4 is 23.5 Å². The monoisotopic (exact) mass is 449 g/mol. The van der Waals surface area contributed by atoms with Crippen LogP contribution in [-0.4, -0.2) is 20.8 Å². The lowest BCUT2D eigenvalue weighted by Gasteiger charge is -2.13. The number of aromatic nitrogens is 3. The minimum atomic E-state index is -0.212. The number of hydrogen-bond acceptors (Lipinski definition) is 4. The van der Waals surface area contributed by atoms with Crippen molar-refractivity contribution in [2.75, 3.05) is 6.26 Å². The van der Waals surface area contributed by atoms with E-state index in [4.69, 9.17) is 4.98 Å². The van der Waals surface area contributed by atoms with Gasteiger partial charge in [0.1, 0.15) is 5.82 Å². The Kier molecular flexibility index (Phi) is 7.10. The molecule has 158 valence electrons. The summed E-state index contributed by atoms with van der Waals surface area (Å²) in [6, 6.07) is 17.2. The summed E-state index contributed by atoms with van der Waals surface area (Å²) in [5.74, 6) is 0.631. The fourth-order valence-corrected chi connectivity index (χ4v) is 5.24. The minimum absolute atomic E-state index is 0.212. The van der Waals surface area contributed by atoms with Crippen LogP contribution in [-0.2, 0) is 12.3 Å². The lowest BCUT2D eigenvalue weighted by molar-refractivity contribution is 0.626. The van der Waals surface area contributed by atoms with Gasteiger partial charge in [-0.25, -0.2) is 9.37 Å². The van der Waals surface area contributed by atoms with Crippen molar-refractivity contribution in [1.82, 2.24) is 14.5 Å². The summed E-state index contributed by atoms with van der Waals surface area (Å²) in [5.41, 5.74) is 5.67. The Balaban J connectivity index is 1.56. The summed E-state index contributed by atoms with van der Waals surface area (Å²) in [6.07, 6.45) is 8.74. The quantitative estimate of drug-likeness (QED) is 0.267. The molecule has 2 aromatic heterocycles. The third-order valence-electron chi connectivity index (χ3n) is 5.06. The van der Waals surface area contributed by atoms with Crippen molar-refractivity contribution in [3.63, 3.8) is 0 Å². The Morgan fingerprint density at radius 3 is 2.39 bits per heavy atom. The summed E-state index contributed by atoms with van der Waals surface area (Å²) >= 11 is 3.50. The molecule has 0 saturated heterocycles. The van der Waals surface area contributed by atoms with E-state index in [0.29, 0.717) is 0 Å². The molecule has 0 unspecified atom stereocenters. The van der Waals surface area contributed by atoms with Crippen LogP contribution in [0.25, 0.3) is 22.4 Å². The Morgan fingerprint density at radius 2 is 1.68 bits per heavy atom. The van der Waals surface area contributed by atoms with Gasteiger partial charge in [-0.15, -0.1) is 11.8 Å². The lowest BCUT2D eigenvalue weighted by atomic mass is 10.0. The molecule has 3 nitrogen and oxygen atoms in total. The number of thioether (sulfide) groups is 2. The second kappa shape index (κ2) is 10.2. The van der Waals surface area contributed by atoms with Gasteiger partial charge in [-0.05, 0) is 59.7 Å². The van der Waals surface area contributed by atoms with Crippen molar-refractivity contribution in [3.05, 3.63) is 84.6 Å². The summed E-state index contributed by atoms with van der Waals surface area (Å²) in [4.78, 5) is 10.1. The average Bonchev–Trinajstić information content (AvgIpc) is 3.21. The predicted molar refractivity (Wildman–Crippen MR) is 129 cm³/mol. The summed E-state index contributed by atoms with van der Waals surface area (Å²) in [6.45, 7) is 3.11. The fraction of sp³-hybridized carbons (Fsp3) is 0.200. The Morgan fingerprint density at radius 1 is 0.935 bits per heavy atom. The Hall–Kier alpha value is -2.57. The van der Waals surface area contributed by atoms with E-state index >= 15 is 0 Å². The van der Waals surface area contributed by atoms with Crippen LogP contribution < -0.4 is 0 Å². The van der Waals surface area contributed by atoms with Gasteiger partial charge >= 0.3 is 0 Å². The van der Waals surface area contributed by atoms with Crippen molar-refractivity contribution in [1.29, 1.82) is 0 Å². The van der Waals surface area contributed by atoms with Crippen LogP contribution in [0.3, 0.4) is 0 Å². The molecule has 0 amide bonds. The second-order valence-corrected chi connectivity index (χ2v) is 8.93. The van der Waals surface area contributed by atoms with E-state index < -0.39 is 0 Å². The number of hydrogen-bond donors (Lipinski definition) is 0. The van der Waals surface area contributed by atoms with Crippen LogP contribution in [0.2, 0.25) is 0 Å². The first-order valence-electron chi connectivity index (χ1n) is 10.2. The SMILES string of the molecule is CCCn1c(-c2ccncc2)cnc1SCc1ccc(-c2ccc(F)cc2)cc1SC. The average molecular weight is 450 g/mol. The molecule has 2 aromatic carbocycles. The summed E-state index contributed by atoms with van der Waals surface area (Å²) < 4.78 is 15.6. The molecule has 4 rings (SSSR count). The van der Waals surface area contributed by atoms with E-state index in [1.165, 1.54) is 22.6 Å². The van der Waals surface area contributed by atoms with Crippen LogP contribution in [0.5, 0.6) is 0 Å². The maximum Gasteiger partial charge on any atom is 0.168 e. The third kappa shape index (κ3) is 5.02. The number of imidazole rings is 1. The topological polar surface area (TPSA) is 30.7 Å². The van der Waals surface area contributed by atoms with E-state index in [1.54, 1.807) is 23.5 Å². The van der Waals surface area contributed by atoms with Gasteiger partial charge in [0.05, 0.1) is 11.9 Å². The van der Waals surface area contributed by atoms with Gasteiger partial charge in [-0.1, -0.05) is 43.0 Å². The molecule has 0 aliphatic heterocycles. The molecule has 0 aliphatic rings. The van der Waals surface area contributed by atoms with Gasteiger partial charge in [0, 0.05) is 35.2 Å². The smallest absolute Gasteiger partial charge is 0.168 e. The summed E-state index contributed by atoms with van der Waals surface area (Å²) in [5, 5.41) is 1.03. The van der Waals surface area contributed by atoms with Crippen molar-refractivity contribution in [2.45, 2.75) is 35.7 Å². The molecular formula is C25H24FN3S2. The third-order valence-corrected chi connectivity index (χ3v) is 6.92. The molecule has 6 heteroatoms. The molecule has 31 heavy (non-hydrogen) atoms. The zero-order chi connectivity index (χ0) is 21.6. The lowest BCUT2D eigenvalue weighted by Crippen LogP contribution is -2.01. The van der Waals surface area contributed by atoms with Crippen LogP contribution >= 0.6 is 23.5 Å². The number of halogens is 1. The first-order chi connectivity index (χ1) is 15.2. The van der Waals surface area contributed by atoms with Gasteiger partial charge in [-0.3, -0.25) is 4.98 Å². The minimum Gasteiger partial charge on any atom is -0.319 e. The molecule has 0 N–H and O–H groups in total. The van der Waals surface area contributed by atoms with Crippen molar-refractivity contribution < 1.29 is 4.39 Å². The molecule has 0 aliphatic carbocycles. The van der Waals surface area contributed by atoms with Gasteiger partial charge in [0.15, 0.2) is 5.16 Å². The Labute approximate surface area is 191 Å². The van der Waals surface area contributed by atoms with Crippen molar-refractivity contribution in [2.24, 2.45) is 0 Å². The van der Waals surface area contributed by atoms with Gasteiger partial charge in [0.25, 0.3) is 0 Å². The highest BCUT2D eigenvalue weighted by Gasteiger charge is 2.13. The number of pyridine rings is 1. The van der Waals surface area contributed by atoms with Crippen LogP contribution in [0.1, 0.15) is 18.9 Å². The van der Waals surface area contributed by atoms with Crippen LogP contribution in [0, 0.1) is 5.82 Å². The highest BCUT2D eigenvalue weighted by atomic mass is 32.2. The van der Waals surface area contributed by atoms with Crippen LogP contribution in [0.15, 0.2) is 83.2 Å². The first-order valence-corrected chi connectivity index (χ1v) is 12.4. The van der Waals surface area contributed by atoms with E-state index in [2.05, 4.69) is 40.9 Å². The second-order valence-electron chi connectivity index (χ2n) is 7.14. The van der Waals surface area contributed by atoms with Gasteiger partial charge in [-0.2, -0.15) is 0 Å². The molecule has 0 bridgehead atoms. The van der Waals surface area contributed by atoms with E-state index in [1.807, 2.05) is 42.9 Å². The molecule has 2 heterocycles. The molecule has 0 saturated carbocycles. The highest BCUT2D eigenvalue weighted by molar-refractivity contribution is 7.99. The molecule has 0 spiro atoms. The van der Waals surface area contributed by atoms with Gasteiger partial charge < -0.3 is 4.57 Å². The number of benzene rings is 2. The highest BCUT2D eigenvalue weighted by Crippen LogP contribution is 2.33. The maximum absolute atomic E-state index is 13.3. The zero-order valence-electron chi connectivity index (χ0n) is 17.6. The molecule has 0 fully saturated rings. The largest absolute Gasteiger partial charge is 0.319 e. The van der Waals surface area contributed by atoms with E-state index in [0.717, 1.165) is 46.3 Å². The van der Waals surface area contributed by atoms with E-state index in [9.17, 15) is 4.39 Å². The number of nitrogens with zero attached hydrogens (tertiary/aromatic N) is 3. The van der Waals surface area contributed by atoms with Crippen molar-refractivity contribution in [3.8, 4) is 22.4 Å². The molecule has 0 radical (unpaired) electrons. The molecule has 4 aromatic rings. The standard InChI is InChI=1S/C25H24FN3S2/c1-3-14-29-23(19-10-12-27-13-11-19)16-28-25(29)31-17-21-5-4-20(15-24(21)30-2)18-6-8-22(26)9-7-18/h4-13,15-16H,3,14,17H2,1-2H3. The zero-order valence-corrected chi connectivity index (χ0v) is 19.2. The maximum atomic E-state index is 13.3.